The van der Waals surface area contributed by atoms with Gasteiger partial charge in [-0.15, -0.1) is 0 Å². The molecular formula is C14H15N5S. The zero-order valence-electron chi connectivity index (χ0n) is 11.0. The predicted molar refractivity (Wildman–Crippen MR) is 78.9 cm³/mol. The minimum absolute atomic E-state index is 0.596. The summed E-state index contributed by atoms with van der Waals surface area (Å²) in [6.07, 6.45) is 6.07. The van der Waals surface area contributed by atoms with Crippen LogP contribution in [0.2, 0.25) is 0 Å². The van der Waals surface area contributed by atoms with E-state index in [0.717, 1.165) is 12.4 Å². The van der Waals surface area contributed by atoms with Crippen LogP contribution in [0.1, 0.15) is 23.3 Å². The smallest absolute Gasteiger partial charge is 0.189 e. The van der Waals surface area contributed by atoms with Gasteiger partial charge in [0.15, 0.2) is 5.13 Å². The maximum Gasteiger partial charge on any atom is 0.189 e. The Kier molecular flexibility index (Phi) is 3.90. The lowest BCUT2D eigenvalue weighted by Gasteiger charge is -2.14. The molecule has 0 radical (unpaired) electrons. The van der Waals surface area contributed by atoms with Crippen molar-refractivity contribution in [3.63, 3.8) is 0 Å². The van der Waals surface area contributed by atoms with Gasteiger partial charge >= 0.3 is 0 Å². The highest BCUT2D eigenvalue weighted by Gasteiger charge is 2.11. The molecule has 5 nitrogen and oxygen atoms in total. The first-order chi connectivity index (χ1) is 9.83. The van der Waals surface area contributed by atoms with Crippen LogP contribution in [-0.2, 0) is 6.54 Å². The third kappa shape index (κ3) is 3.13. The standard InChI is InChI=1S/C14H15N5S/c15-7-12-9-17-14(20-12)18-13-4-3-11(8-16-13)10-19-5-1-2-6-19/h3-4,8-9H,1-2,5-6,10H2,(H,16,17,18). The lowest BCUT2D eigenvalue weighted by Crippen LogP contribution is -2.18. The van der Waals surface area contributed by atoms with Crippen molar-refractivity contribution in [1.29, 1.82) is 5.26 Å². The van der Waals surface area contributed by atoms with Crippen LogP contribution in [0, 0.1) is 11.3 Å². The Balaban J connectivity index is 1.62. The summed E-state index contributed by atoms with van der Waals surface area (Å²) < 4.78 is 0. The zero-order valence-corrected chi connectivity index (χ0v) is 11.9. The van der Waals surface area contributed by atoms with E-state index in [9.17, 15) is 0 Å². The Morgan fingerprint density at radius 1 is 1.25 bits per heavy atom. The molecule has 1 aliphatic rings. The van der Waals surface area contributed by atoms with Crippen LogP contribution in [0.5, 0.6) is 0 Å². The van der Waals surface area contributed by atoms with Gasteiger partial charge in [-0.3, -0.25) is 4.90 Å². The number of aromatic nitrogens is 2. The number of nitrogens with one attached hydrogen (secondary N) is 1. The zero-order chi connectivity index (χ0) is 13.8. The molecule has 0 bridgehead atoms. The first-order valence-corrected chi connectivity index (χ1v) is 7.45. The monoisotopic (exact) mass is 285 g/mol. The van der Waals surface area contributed by atoms with Crippen LogP contribution in [0.4, 0.5) is 10.9 Å². The average Bonchev–Trinajstić information content (AvgIpc) is 3.12. The second-order valence-corrected chi connectivity index (χ2v) is 5.83. The van der Waals surface area contributed by atoms with Crippen molar-refractivity contribution < 1.29 is 0 Å². The maximum absolute atomic E-state index is 8.76. The molecule has 2 aromatic heterocycles. The number of hydrogen-bond acceptors (Lipinski definition) is 6. The fraction of sp³-hybridized carbons (Fsp3) is 0.357. The number of nitriles is 1. The molecule has 1 fully saturated rings. The summed E-state index contributed by atoms with van der Waals surface area (Å²) in [4.78, 5) is 11.6. The van der Waals surface area contributed by atoms with Gasteiger partial charge in [-0.2, -0.15) is 5.26 Å². The molecule has 0 atom stereocenters. The number of nitrogens with zero attached hydrogens (tertiary/aromatic N) is 4. The highest BCUT2D eigenvalue weighted by atomic mass is 32.1. The Morgan fingerprint density at radius 2 is 2.10 bits per heavy atom. The quantitative estimate of drug-likeness (QED) is 0.935. The van der Waals surface area contributed by atoms with Crippen molar-refractivity contribution in [1.82, 2.24) is 14.9 Å². The van der Waals surface area contributed by atoms with E-state index in [1.165, 1.54) is 42.8 Å². The Labute approximate surface area is 121 Å². The molecule has 2 aromatic rings. The minimum Gasteiger partial charge on any atom is -0.316 e. The first kappa shape index (κ1) is 13.0. The number of rotatable bonds is 4. The van der Waals surface area contributed by atoms with Crippen LogP contribution in [0.15, 0.2) is 24.5 Å². The number of hydrogen-bond donors (Lipinski definition) is 1. The van der Waals surface area contributed by atoms with Crippen LogP contribution >= 0.6 is 11.3 Å². The van der Waals surface area contributed by atoms with Crippen molar-refractivity contribution >= 4 is 22.3 Å². The van der Waals surface area contributed by atoms with Crippen LogP contribution in [0.25, 0.3) is 0 Å². The van der Waals surface area contributed by atoms with E-state index in [0.29, 0.717) is 10.0 Å². The van der Waals surface area contributed by atoms with Gasteiger partial charge in [-0.25, -0.2) is 9.97 Å². The van der Waals surface area contributed by atoms with Gasteiger partial charge in [-0.05, 0) is 37.6 Å². The molecule has 1 saturated heterocycles. The fourth-order valence-corrected chi connectivity index (χ4v) is 2.90. The molecule has 1 aliphatic heterocycles. The van der Waals surface area contributed by atoms with Crippen molar-refractivity contribution in [2.45, 2.75) is 19.4 Å². The Bertz CT molecular complexity index is 607. The molecule has 0 spiro atoms. The van der Waals surface area contributed by atoms with Crippen LogP contribution in [0.3, 0.4) is 0 Å². The van der Waals surface area contributed by atoms with Crippen molar-refractivity contribution in [2.24, 2.45) is 0 Å². The molecule has 1 N–H and O–H groups in total. The SMILES string of the molecule is N#Cc1cnc(Nc2ccc(CN3CCCC3)cn2)s1. The lowest BCUT2D eigenvalue weighted by atomic mass is 10.2. The van der Waals surface area contributed by atoms with E-state index in [1.54, 1.807) is 6.20 Å². The fourth-order valence-electron chi connectivity index (χ4n) is 2.28. The molecule has 102 valence electrons. The van der Waals surface area contributed by atoms with E-state index < -0.39 is 0 Å². The number of anilines is 2. The van der Waals surface area contributed by atoms with E-state index in [2.05, 4.69) is 32.3 Å². The van der Waals surface area contributed by atoms with Gasteiger partial charge in [-0.1, -0.05) is 17.4 Å². The Hall–Kier alpha value is -1.97. The highest BCUT2D eigenvalue weighted by Crippen LogP contribution is 2.21. The topological polar surface area (TPSA) is 64.8 Å². The number of likely N-dealkylation sites (tertiary alicyclic amines) is 1. The van der Waals surface area contributed by atoms with Gasteiger partial charge < -0.3 is 5.32 Å². The van der Waals surface area contributed by atoms with Crippen molar-refractivity contribution in [2.75, 3.05) is 18.4 Å². The second-order valence-electron chi connectivity index (χ2n) is 4.80. The largest absolute Gasteiger partial charge is 0.316 e. The summed E-state index contributed by atoms with van der Waals surface area (Å²) in [5.74, 6) is 0.758. The molecule has 3 heterocycles. The van der Waals surface area contributed by atoms with E-state index in [4.69, 9.17) is 5.26 Å². The van der Waals surface area contributed by atoms with Crippen LogP contribution < -0.4 is 5.32 Å². The molecule has 0 unspecified atom stereocenters. The highest BCUT2D eigenvalue weighted by molar-refractivity contribution is 7.16. The average molecular weight is 285 g/mol. The summed E-state index contributed by atoms with van der Waals surface area (Å²) >= 11 is 1.33. The van der Waals surface area contributed by atoms with Gasteiger partial charge in [0.05, 0.1) is 6.20 Å². The van der Waals surface area contributed by atoms with Crippen molar-refractivity contribution in [3.05, 3.63) is 35.0 Å². The van der Waals surface area contributed by atoms with Crippen molar-refractivity contribution in [3.8, 4) is 6.07 Å². The molecule has 20 heavy (non-hydrogen) atoms. The third-order valence-electron chi connectivity index (χ3n) is 3.28. The van der Waals surface area contributed by atoms with Crippen LogP contribution in [-0.4, -0.2) is 28.0 Å². The number of thiazole rings is 1. The van der Waals surface area contributed by atoms with Gasteiger partial charge in [0.2, 0.25) is 0 Å². The third-order valence-corrected chi connectivity index (χ3v) is 4.10. The Morgan fingerprint density at radius 3 is 2.75 bits per heavy atom. The molecule has 0 aromatic carbocycles. The minimum atomic E-state index is 0.596. The summed E-state index contributed by atoms with van der Waals surface area (Å²) in [7, 11) is 0. The number of pyridine rings is 1. The molecule has 6 heteroatoms. The second kappa shape index (κ2) is 5.99. The normalized spacial score (nSPS) is 15.2. The molecule has 0 saturated carbocycles. The van der Waals surface area contributed by atoms with E-state index in [1.807, 2.05) is 12.3 Å². The summed E-state index contributed by atoms with van der Waals surface area (Å²) in [6, 6.07) is 6.12. The van der Waals surface area contributed by atoms with Gasteiger partial charge in [0.25, 0.3) is 0 Å². The van der Waals surface area contributed by atoms with Gasteiger partial charge in [0.1, 0.15) is 16.8 Å². The summed E-state index contributed by atoms with van der Waals surface area (Å²) in [5.41, 5.74) is 1.23. The first-order valence-electron chi connectivity index (χ1n) is 6.64. The summed E-state index contributed by atoms with van der Waals surface area (Å²) in [5, 5.41) is 12.6. The molecule has 0 aliphatic carbocycles. The van der Waals surface area contributed by atoms with Gasteiger partial charge in [0, 0.05) is 12.7 Å². The predicted octanol–water partition coefficient (Wildman–Crippen LogP) is 2.75. The summed E-state index contributed by atoms with van der Waals surface area (Å²) in [6.45, 7) is 3.36. The maximum atomic E-state index is 8.76. The lowest BCUT2D eigenvalue weighted by molar-refractivity contribution is 0.331. The molecule has 0 amide bonds. The van der Waals surface area contributed by atoms with E-state index in [-0.39, 0.29) is 0 Å². The molecule has 3 rings (SSSR count). The molecular weight excluding hydrogens is 270 g/mol. The van der Waals surface area contributed by atoms with E-state index >= 15 is 0 Å².